The Hall–Kier alpha value is -1.26. The van der Waals surface area contributed by atoms with Gasteiger partial charge in [0, 0.05) is 23.7 Å². The highest BCUT2D eigenvalue weighted by Crippen LogP contribution is 2.26. The molecule has 2 atom stereocenters. The zero-order valence-corrected chi connectivity index (χ0v) is 13.4. The fourth-order valence-electron chi connectivity index (χ4n) is 2.66. The van der Waals surface area contributed by atoms with E-state index in [9.17, 15) is 4.79 Å². The Morgan fingerprint density at radius 1 is 1.52 bits per heavy atom. The summed E-state index contributed by atoms with van der Waals surface area (Å²) in [4.78, 5) is 14.1. The van der Waals surface area contributed by atoms with Gasteiger partial charge in [-0.1, -0.05) is 24.6 Å². The van der Waals surface area contributed by atoms with Gasteiger partial charge in [0.2, 0.25) is 0 Å². The van der Waals surface area contributed by atoms with Crippen molar-refractivity contribution in [1.29, 1.82) is 0 Å². The predicted molar refractivity (Wildman–Crippen MR) is 84.6 cm³/mol. The molecule has 0 aromatic heterocycles. The van der Waals surface area contributed by atoms with Crippen molar-refractivity contribution in [2.75, 3.05) is 26.2 Å². The second-order valence-corrected chi connectivity index (χ2v) is 6.16. The van der Waals surface area contributed by atoms with Crippen LogP contribution in [0.15, 0.2) is 18.2 Å². The topological polar surface area (TPSA) is 55.6 Å². The molecule has 0 saturated carbocycles. The summed E-state index contributed by atoms with van der Waals surface area (Å²) >= 11 is 6.04. The molecule has 1 heterocycles. The Kier molecular flexibility index (Phi) is 5.48. The molecule has 4 nitrogen and oxygen atoms in total. The highest BCUT2D eigenvalue weighted by molar-refractivity contribution is 6.31. The zero-order valence-electron chi connectivity index (χ0n) is 12.6. The number of hydrogen-bond acceptors (Lipinski definition) is 3. The summed E-state index contributed by atoms with van der Waals surface area (Å²) in [7, 11) is 0. The molecule has 0 aliphatic carbocycles. The number of likely N-dealkylation sites (tertiary alicyclic amines) is 1. The van der Waals surface area contributed by atoms with E-state index in [2.05, 4.69) is 6.92 Å². The monoisotopic (exact) mass is 310 g/mol. The van der Waals surface area contributed by atoms with E-state index >= 15 is 0 Å². The summed E-state index contributed by atoms with van der Waals surface area (Å²) in [5.74, 6) is 1.64. The molecule has 0 bridgehead atoms. The lowest BCUT2D eigenvalue weighted by Crippen LogP contribution is -2.47. The Labute approximate surface area is 131 Å². The van der Waals surface area contributed by atoms with Crippen molar-refractivity contribution < 1.29 is 9.53 Å². The first kappa shape index (κ1) is 16.1. The summed E-state index contributed by atoms with van der Waals surface area (Å²) in [6.07, 6.45) is 1.00. The highest BCUT2D eigenvalue weighted by atomic mass is 35.5. The second kappa shape index (κ2) is 7.14. The average molecular weight is 311 g/mol. The average Bonchev–Trinajstić information content (AvgIpc) is 2.49. The lowest BCUT2D eigenvalue weighted by atomic mass is 9.87. The van der Waals surface area contributed by atoms with E-state index in [-0.39, 0.29) is 12.5 Å². The predicted octanol–water partition coefficient (Wildman–Crippen LogP) is 2.47. The maximum Gasteiger partial charge on any atom is 0.260 e. The molecule has 1 aromatic rings. The van der Waals surface area contributed by atoms with Gasteiger partial charge in [0.15, 0.2) is 6.61 Å². The Morgan fingerprint density at radius 2 is 2.29 bits per heavy atom. The van der Waals surface area contributed by atoms with Crippen molar-refractivity contribution in [3.63, 3.8) is 0 Å². The number of benzene rings is 1. The van der Waals surface area contributed by atoms with Gasteiger partial charge in [0.1, 0.15) is 5.75 Å². The van der Waals surface area contributed by atoms with Gasteiger partial charge < -0.3 is 15.4 Å². The summed E-state index contributed by atoms with van der Waals surface area (Å²) in [6.45, 7) is 6.27. The first-order valence-electron chi connectivity index (χ1n) is 7.38. The molecule has 1 aromatic carbocycles. The van der Waals surface area contributed by atoms with Crippen molar-refractivity contribution in [1.82, 2.24) is 4.90 Å². The molecule has 5 heteroatoms. The van der Waals surface area contributed by atoms with Gasteiger partial charge in [-0.15, -0.1) is 0 Å². The number of nitrogens with zero attached hydrogens (tertiary/aromatic N) is 1. The van der Waals surface area contributed by atoms with Crippen LogP contribution in [0.4, 0.5) is 0 Å². The van der Waals surface area contributed by atoms with Gasteiger partial charge >= 0.3 is 0 Å². The number of halogens is 1. The van der Waals surface area contributed by atoms with Crippen LogP contribution in [0.5, 0.6) is 5.75 Å². The minimum Gasteiger partial charge on any atom is -0.483 e. The third kappa shape index (κ3) is 3.89. The van der Waals surface area contributed by atoms with Crippen molar-refractivity contribution >= 4 is 17.5 Å². The third-order valence-corrected chi connectivity index (χ3v) is 4.75. The fourth-order valence-corrected chi connectivity index (χ4v) is 2.82. The Bertz CT molecular complexity index is 507. The van der Waals surface area contributed by atoms with E-state index in [1.165, 1.54) is 0 Å². The number of amides is 1. The molecule has 0 radical (unpaired) electrons. The SMILES string of the molecule is Cc1c(Cl)cccc1OCC(=O)N1CCC(C)C(CN)C1. The first-order chi connectivity index (χ1) is 10.0. The number of hydrogen-bond donors (Lipinski definition) is 1. The van der Waals surface area contributed by atoms with Gasteiger partial charge in [0.25, 0.3) is 5.91 Å². The molecular formula is C16H23ClN2O2. The van der Waals surface area contributed by atoms with Gasteiger partial charge in [0.05, 0.1) is 0 Å². The summed E-state index contributed by atoms with van der Waals surface area (Å²) in [5.41, 5.74) is 6.63. The molecule has 116 valence electrons. The molecule has 0 spiro atoms. The maximum atomic E-state index is 12.3. The lowest BCUT2D eigenvalue weighted by molar-refractivity contribution is -0.135. The Balaban J connectivity index is 1.91. The summed E-state index contributed by atoms with van der Waals surface area (Å²) in [6, 6.07) is 5.46. The van der Waals surface area contributed by atoms with Crippen molar-refractivity contribution in [3.8, 4) is 5.75 Å². The molecule has 2 rings (SSSR count). The molecule has 1 aliphatic rings. The number of ether oxygens (including phenoxy) is 1. The number of nitrogens with two attached hydrogens (primary N) is 1. The number of carbonyl (C=O) groups is 1. The molecule has 21 heavy (non-hydrogen) atoms. The Morgan fingerprint density at radius 3 is 3.00 bits per heavy atom. The van der Waals surface area contributed by atoms with Crippen LogP contribution in [-0.4, -0.2) is 37.0 Å². The largest absolute Gasteiger partial charge is 0.483 e. The minimum atomic E-state index is 0.0136. The van der Waals surface area contributed by atoms with E-state index in [4.69, 9.17) is 22.1 Å². The van der Waals surface area contributed by atoms with E-state index in [1.807, 2.05) is 30.0 Å². The quantitative estimate of drug-likeness (QED) is 0.929. The van der Waals surface area contributed by atoms with Crippen molar-refractivity contribution in [3.05, 3.63) is 28.8 Å². The molecular weight excluding hydrogens is 288 g/mol. The number of rotatable bonds is 4. The van der Waals surface area contributed by atoms with Gasteiger partial charge in [-0.25, -0.2) is 0 Å². The van der Waals surface area contributed by atoms with Gasteiger partial charge in [-0.2, -0.15) is 0 Å². The minimum absolute atomic E-state index is 0.0136. The highest BCUT2D eigenvalue weighted by Gasteiger charge is 2.28. The normalized spacial score (nSPS) is 22.2. The van der Waals surface area contributed by atoms with Crippen LogP contribution in [0.2, 0.25) is 5.02 Å². The van der Waals surface area contributed by atoms with E-state index in [0.29, 0.717) is 29.2 Å². The van der Waals surface area contributed by atoms with Crippen LogP contribution in [0.3, 0.4) is 0 Å². The third-order valence-electron chi connectivity index (χ3n) is 4.34. The van der Waals surface area contributed by atoms with Crippen LogP contribution in [0.1, 0.15) is 18.9 Å². The standard InChI is InChI=1S/C16H23ClN2O2/c1-11-6-7-19(9-13(11)8-18)16(20)10-21-15-5-3-4-14(17)12(15)2/h3-5,11,13H,6-10,18H2,1-2H3. The van der Waals surface area contributed by atoms with Crippen LogP contribution >= 0.6 is 11.6 Å². The second-order valence-electron chi connectivity index (χ2n) is 5.75. The first-order valence-corrected chi connectivity index (χ1v) is 7.76. The van der Waals surface area contributed by atoms with Gasteiger partial charge in [-0.05, 0) is 43.9 Å². The van der Waals surface area contributed by atoms with E-state index in [1.54, 1.807) is 0 Å². The maximum absolute atomic E-state index is 12.3. The van der Waals surface area contributed by atoms with Crippen molar-refractivity contribution in [2.45, 2.75) is 20.3 Å². The zero-order chi connectivity index (χ0) is 15.4. The lowest BCUT2D eigenvalue weighted by Gasteiger charge is -2.36. The van der Waals surface area contributed by atoms with Crippen LogP contribution in [-0.2, 0) is 4.79 Å². The molecule has 1 amide bonds. The summed E-state index contributed by atoms with van der Waals surface area (Å²) < 4.78 is 5.62. The molecule has 1 saturated heterocycles. The van der Waals surface area contributed by atoms with Crippen LogP contribution < -0.4 is 10.5 Å². The van der Waals surface area contributed by atoms with Crippen molar-refractivity contribution in [2.24, 2.45) is 17.6 Å². The molecule has 1 aliphatic heterocycles. The number of carbonyl (C=O) groups excluding carboxylic acids is 1. The van der Waals surface area contributed by atoms with Crippen LogP contribution in [0, 0.1) is 18.8 Å². The smallest absolute Gasteiger partial charge is 0.260 e. The van der Waals surface area contributed by atoms with Gasteiger partial charge in [-0.3, -0.25) is 4.79 Å². The van der Waals surface area contributed by atoms with E-state index in [0.717, 1.165) is 25.1 Å². The molecule has 2 N–H and O–H groups in total. The summed E-state index contributed by atoms with van der Waals surface area (Å²) in [5, 5.41) is 0.648. The fraction of sp³-hybridized carbons (Fsp3) is 0.562. The molecule has 2 unspecified atom stereocenters. The van der Waals surface area contributed by atoms with Crippen LogP contribution in [0.25, 0.3) is 0 Å². The number of piperidine rings is 1. The molecule has 1 fully saturated rings. The van der Waals surface area contributed by atoms with E-state index < -0.39 is 0 Å².